The lowest BCUT2D eigenvalue weighted by Crippen LogP contribution is -2.34. The predicted molar refractivity (Wildman–Crippen MR) is 68.8 cm³/mol. The van der Waals surface area contributed by atoms with Gasteiger partial charge in [-0.2, -0.15) is 0 Å². The molecule has 0 bridgehead atoms. The van der Waals surface area contributed by atoms with Gasteiger partial charge in [0.05, 0.1) is 6.54 Å². The average Bonchev–Trinajstić information content (AvgIpc) is 2.28. The number of carbonyl (C=O) groups is 1. The number of anilines is 1. The van der Waals surface area contributed by atoms with Crippen molar-refractivity contribution < 1.29 is 4.79 Å². The highest BCUT2D eigenvalue weighted by Gasteiger charge is 2.08. The molecule has 0 aliphatic carbocycles. The van der Waals surface area contributed by atoms with Crippen LogP contribution in [-0.2, 0) is 11.3 Å². The summed E-state index contributed by atoms with van der Waals surface area (Å²) in [5.74, 6) is 0.949. The second-order valence-electron chi connectivity index (χ2n) is 4.26. The fraction of sp³-hybridized carbons (Fsp3) is 0.500. The second-order valence-corrected chi connectivity index (χ2v) is 4.26. The summed E-state index contributed by atoms with van der Waals surface area (Å²) >= 11 is 0. The third-order valence-electron chi connectivity index (χ3n) is 2.44. The molecule has 1 aromatic rings. The van der Waals surface area contributed by atoms with Gasteiger partial charge in [0.25, 0.3) is 0 Å². The molecule has 0 atom stereocenters. The van der Waals surface area contributed by atoms with Crippen molar-refractivity contribution in [1.82, 2.24) is 14.8 Å². The molecule has 1 aromatic heterocycles. The Bertz CT molecular complexity index is 379. The number of likely N-dealkylation sites (N-methyl/N-ethyl adjacent to an activating group) is 2. The van der Waals surface area contributed by atoms with Crippen LogP contribution in [-0.4, -0.2) is 55.4 Å². The minimum Gasteiger partial charge on any atom is -0.373 e. The molecule has 1 heterocycles. The Hall–Kier alpha value is -1.62. The Morgan fingerprint density at radius 2 is 2.12 bits per heavy atom. The van der Waals surface area contributed by atoms with Crippen LogP contribution in [0.5, 0.6) is 0 Å². The summed E-state index contributed by atoms with van der Waals surface area (Å²) in [5, 5.41) is 2.99. The molecule has 0 unspecified atom stereocenters. The van der Waals surface area contributed by atoms with Crippen LogP contribution in [0.3, 0.4) is 0 Å². The number of hydrogen-bond donors (Lipinski definition) is 1. The number of hydrogen-bond acceptors (Lipinski definition) is 4. The average molecular weight is 236 g/mol. The number of nitrogens with one attached hydrogen (secondary N) is 1. The maximum Gasteiger partial charge on any atom is 0.236 e. The Morgan fingerprint density at radius 3 is 2.71 bits per heavy atom. The molecule has 0 fully saturated rings. The fourth-order valence-electron chi connectivity index (χ4n) is 1.45. The van der Waals surface area contributed by atoms with E-state index in [1.807, 2.05) is 31.1 Å². The van der Waals surface area contributed by atoms with Crippen molar-refractivity contribution in [3.8, 4) is 0 Å². The first-order chi connectivity index (χ1) is 8.02. The van der Waals surface area contributed by atoms with Crippen LogP contribution in [0.1, 0.15) is 5.56 Å². The van der Waals surface area contributed by atoms with Gasteiger partial charge in [0, 0.05) is 33.9 Å². The molecule has 0 aliphatic heterocycles. The summed E-state index contributed by atoms with van der Waals surface area (Å²) in [5.41, 5.74) is 1.14. The Morgan fingerprint density at radius 1 is 1.41 bits per heavy atom. The molecular formula is C12H20N4O. The monoisotopic (exact) mass is 236 g/mol. The second kappa shape index (κ2) is 6.20. The first kappa shape index (κ1) is 13.4. The fourth-order valence-corrected chi connectivity index (χ4v) is 1.45. The molecule has 17 heavy (non-hydrogen) atoms. The molecule has 1 N–H and O–H groups in total. The third-order valence-corrected chi connectivity index (χ3v) is 2.44. The largest absolute Gasteiger partial charge is 0.373 e. The lowest BCUT2D eigenvalue weighted by molar-refractivity contribution is -0.129. The molecule has 0 radical (unpaired) electrons. The van der Waals surface area contributed by atoms with Crippen LogP contribution in [0.25, 0.3) is 0 Å². The third kappa shape index (κ3) is 4.40. The van der Waals surface area contributed by atoms with Crippen LogP contribution in [0, 0.1) is 0 Å². The molecule has 1 rings (SSSR count). The van der Waals surface area contributed by atoms with Gasteiger partial charge in [0.2, 0.25) is 5.91 Å². The normalized spacial score (nSPS) is 10.4. The van der Waals surface area contributed by atoms with Crippen LogP contribution < -0.4 is 5.32 Å². The van der Waals surface area contributed by atoms with E-state index < -0.39 is 0 Å². The molecule has 5 heteroatoms. The number of carbonyl (C=O) groups excluding carboxylic acids is 1. The highest BCUT2D eigenvalue weighted by molar-refractivity contribution is 5.77. The van der Waals surface area contributed by atoms with Crippen molar-refractivity contribution in [1.29, 1.82) is 0 Å². The number of aromatic nitrogens is 1. The summed E-state index contributed by atoms with van der Waals surface area (Å²) < 4.78 is 0. The van der Waals surface area contributed by atoms with E-state index in [0.29, 0.717) is 6.54 Å². The number of nitrogens with zero attached hydrogens (tertiary/aromatic N) is 3. The topological polar surface area (TPSA) is 48.5 Å². The van der Waals surface area contributed by atoms with Gasteiger partial charge in [-0.15, -0.1) is 0 Å². The standard InChI is InChI=1S/C12H20N4O/c1-13-11-7-10(5-6-14-11)8-16(4)9-12(17)15(2)3/h5-7H,8-9H2,1-4H3,(H,13,14). The first-order valence-electron chi connectivity index (χ1n) is 5.54. The first-order valence-corrected chi connectivity index (χ1v) is 5.54. The van der Waals surface area contributed by atoms with Crippen molar-refractivity contribution >= 4 is 11.7 Å². The van der Waals surface area contributed by atoms with E-state index in [9.17, 15) is 4.79 Å². The summed E-state index contributed by atoms with van der Waals surface area (Å²) in [4.78, 5) is 19.3. The van der Waals surface area contributed by atoms with Crippen LogP contribution in [0.4, 0.5) is 5.82 Å². The SMILES string of the molecule is CNc1cc(CN(C)CC(=O)N(C)C)ccn1. The van der Waals surface area contributed by atoms with Crippen LogP contribution in [0.15, 0.2) is 18.3 Å². The minimum atomic E-state index is 0.107. The van der Waals surface area contributed by atoms with Gasteiger partial charge in [-0.1, -0.05) is 0 Å². The summed E-state index contributed by atoms with van der Waals surface area (Å²) in [6.07, 6.45) is 1.77. The zero-order valence-corrected chi connectivity index (χ0v) is 10.9. The van der Waals surface area contributed by atoms with E-state index >= 15 is 0 Å². The number of pyridine rings is 1. The lowest BCUT2D eigenvalue weighted by atomic mass is 10.2. The zero-order chi connectivity index (χ0) is 12.8. The zero-order valence-electron chi connectivity index (χ0n) is 10.9. The molecule has 5 nitrogen and oxygen atoms in total. The molecule has 0 aromatic carbocycles. The smallest absolute Gasteiger partial charge is 0.236 e. The summed E-state index contributed by atoms with van der Waals surface area (Å²) in [6, 6.07) is 3.94. The molecular weight excluding hydrogens is 216 g/mol. The maximum atomic E-state index is 11.5. The van der Waals surface area contributed by atoms with Crippen molar-refractivity contribution in [2.45, 2.75) is 6.54 Å². The van der Waals surface area contributed by atoms with Gasteiger partial charge in [-0.05, 0) is 24.7 Å². The molecule has 0 saturated carbocycles. The van der Waals surface area contributed by atoms with Gasteiger partial charge in [-0.3, -0.25) is 9.69 Å². The van der Waals surface area contributed by atoms with E-state index in [0.717, 1.165) is 17.9 Å². The van der Waals surface area contributed by atoms with Gasteiger partial charge in [-0.25, -0.2) is 4.98 Å². The van der Waals surface area contributed by atoms with Crippen LogP contribution >= 0.6 is 0 Å². The number of amides is 1. The molecule has 0 aliphatic rings. The van der Waals surface area contributed by atoms with E-state index in [1.54, 1.807) is 25.2 Å². The number of rotatable bonds is 5. The molecule has 0 spiro atoms. The predicted octanol–water partition coefficient (Wildman–Crippen LogP) is 0.643. The summed E-state index contributed by atoms with van der Waals surface area (Å²) in [6.45, 7) is 1.15. The van der Waals surface area contributed by atoms with Crippen molar-refractivity contribution in [2.24, 2.45) is 0 Å². The molecule has 1 amide bonds. The molecule has 94 valence electrons. The van der Waals surface area contributed by atoms with Gasteiger partial charge >= 0.3 is 0 Å². The minimum absolute atomic E-state index is 0.107. The van der Waals surface area contributed by atoms with E-state index in [2.05, 4.69) is 10.3 Å². The van der Waals surface area contributed by atoms with Gasteiger partial charge < -0.3 is 10.2 Å². The van der Waals surface area contributed by atoms with E-state index in [-0.39, 0.29) is 5.91 Å². The Balaban J connectivity index is 2.55. The van der Waals surface area contributed by atoms with Crippen molar-refractivity contribution in [3.05, 3.63) is 23.9 Å². The lowest BCUT2D eigenvalue weighted by Gasteiger charge is -2.19. The maximum absolute atomic E-state index is 11.5. The van der Waals surface area contributed by atoms with Gasteiger partial charge in [0.15, 0.2) is 0 Å². The van der Waals surface area contributed by atoms with Crippen molar-refractivity contribution in [3.63, 3.8) is 0 Å². The summed E-state index contributed by atoms with van der Waals surface area (Å²) in [7, 11) is 7.30. The van der Waals surface area contributed by atoms with E-state index in [1.165, 1.54) is 0 Å². The highest BCUT2D eigenvalue weighted by Crippen LogP contribution is 2.08. The van der Waals surface area contributed by atoms with Crippen LogP contribution in [0.2, 0.25) is 0 Å². The quantitative estimate of drug-likeness (QED) is 0.815. The van der Waals surface area contributed by atoms with E-state index in [4.69, 9.17) is 0 Å². The van der Waals surface area contributed by atoms with Crippen molar-refractivity contribution in [2.75, 3.05) is 40.1 Å². The Labute approximate surface area is 102 Å². The molecule has 0 saturated heterocycles. The van der Waals surface area contributed by atoms with Gasteiger partial charge in [0.1, 0.15) is 5.82 Å². The Kier molecular flexibility index (Phi) is 4.90. The highest BCUT2D eigenvalue weighted by atomic mass is 16.2.